The summed E-state index contributed by atoms with van der Waals surface area (Å²) in [4.78, 5) is 11.6. The second-order valence-electron chi connectivity index (χ2n) is 4.93. The Bertz CT molecular complexity index is 443. The molecule has 4 heteroatoms. The summed E-state index contributed by atoms with van der Waals surface area (Å²) in [5, 5.41) is 12.6. The van der Waals surface area contributed by atoms with Crippen LogP contribution < -0.4 is 10.1 Å². The predicted molar refractivity (Wildman–Crippen MR) is 71.0 cm³/mol. The van der Waals surface area contributed by atoms with Crippen LogP contribution in [0.4, 0.5) is 0 Å². The van der Waals surface area contributed by atoms with Crippen molar-refractivity contribution in [1.82, 2.24) is 5.32 Å². The Labute approximate surface area is 108 Å². The fourth-order valence-corrected chi connectivity index (χ4v) is 2.04. The molecule has 0 aromatic heterocycles. The van der Waals surface area contributed by atoms with Crippen molar-refractivity contribution in [3.8, 4) is 5.75 Å². The van der Waals surface area contributed by atoms with Crippen LogP contribution in [0.25, 0.3) is 0 Å². The maximum absolute atomic E-state index is 11.6. The molecule has 1 unspecified atom stereocenters. The first-order valence-electron chi connectivity index (χ1n) is 5.97. The van der Waals surface area contributed by atoms with E-state index in [1.807, 2.05) is 32.9 Å². The van der Waals surface area contributed by atoms with Gasteiger partial charge in [-0.05, 0) is 39.8 Å². The zero-order chi connectivity index (χ0) is 13.9. The molecular formula is C14H21NO3. The molecule has 0 saturated heterocycles. The Balaban J connectivity index is 3.37. The molecule has 1 aromatic rings. The summed E-state index contributed by atoms with van der Waals surface area (Å²) >= 11 is 0. The minimum Gasteiger partial charge on any atom is -0.496 e. The normalized spacial score (nSPS) is 14.3. The monoisotopic (exact) mass is 251 g/mol. The first kappa shape index (κ1) is 14.5. The molecule has 0 spiro atoms. The van der Waals surface area contributed by atoms with E-state index in [1.54, 1.807) is 20.1 Å². The number of aryl methyl sites for hydroxylation is 1. The van der Waals surface area contributed by atoms with Gasteiger partial charge in [0.15, 0.2) is 0 Å². The van der Waals surface area contributed by atoms with Crippen molar-refractivity contribution in [2.75, 3.05) is 7.11 Å². The summed E-state index contributed by atoms with van der Waals surface area (Å²) in [5.74, 6) is -0.334. The second-order valence-corrected chi connectivity index (χ2v) is 4.93. The average molecular weight is 251 g/mol. The van der Waals surface area contributed by atoms with Crippen molar-refractivity contribution in [1.29, 1.82) is 0 Å². The molecule has 1 rings (SSSR count). The number of nitrogens with one attached hydrogen (secondary N) is 1. The lowest BCUT2D eigenvalue weighted by Crippen LogP contribution is -2.49. The van der Waals surface area contributed by atoms with Crippen molar-refractivity contribution in [3.05, 3.63) is 29.3 Å². The highest BCUT2D eigenvalue weighted by Crippen LogP contribution is 2.31. The lowest BCUT2D eigenvalue weighted by molar-refractivity contribution is -0.145. The van der Waals surface area contributed by atoms with Crippen molar-refractivity contribution in [2.45, 2.75) is 39.3 Å². The van der Waals surface area contributed by atoms with Gasteiger partial charge in [-0.1, -0.05) is 11.6 Å². The molecule has 0 saturated carbocycles. The second kappa shape index (κ2) is 5.40. The van der Waals surface area contributed by atoms with Crippen LogP contribution in [0.3, 0.4) is 0 Å². The Hall–Kier alpha value is -1.55. The minimum atomic E-state index is -1.16. The standard InChI is InChI=1S/C14H21NO3/c1-9(2)15-14(4,13(16)17)11-8-10(3)6-7-12(11)18-5/h6-9,15H,1-5H3,(H,16,17). The number of carboxylic acids is 1. The molecule has 2 N–H and O–H groups in total. The first-order valence-corrected chi connectivity index (χ1v) is 5.97. The molecule has 1 atom stereocenters. The van der Waals surface area contributed by atoms with E-state index in [1.165, 1.54) is 0 Å². The molecule has 100 valence electrons. The van der Waals surface area contributed by atoms with Crippen molar-refractivity contribution < 1.29 is 14.6 Å². The highest BCUT2D eigenvalue weighted by Gasteiger charge is 2.38. The van der Waals surface area contributed by atoms with Crippen molar-refractivity contribution in [2.24, 2.45) is 0 Å². The van der Waals surface area contributed by atoms with Crippen LogP contribution in [-0.2, 0) is 10.3 Å². The van der Waals surface area contributed by atoms with E-state index in [2.05, 4.69) is 5.32 Å². The molecule has 0 bridgehead atoms. The van der Waals surface area contributed by atoms with Crippen LogP contribution in [0.1, 0.15) is 31.9 Å². The number of hydrogen-bond acceptors (Lipinski definition) is 3. The summed E-state index contributed by atoms with van der Waals surface area (Å²) < 4.78 is 5.27. The number of methoxy groups -OCH3 is 1. The van der Waals surface area contributed by atoms with Gasteiger partial charge in [-0.3, -0.25) is 5.32 Å². The van der Waals surface area contributed by atoms with Gasteiger partial charge in [0.05, 0.1) is 7.11 Å². The third-order valence-electron chi connectivity index (χ3n) is 2.90. The van der Waals surface area contributed by atoms with E-state index in [-0.39, 0.29) is 6.04 Å². The lowest BCUT2D eigenvalue weighted by Gasteiger charge is -2.30. The highest BCUT2D eigenvalue weighted by atomic mass is 16.5. The molecule has 0 aliphatic heterocycles. The van der Waals surface area contributed by atoms with Crippen LogP contribution in [0.5, 0.6) is 5.75 Å². The fourth-order valence-electron chi connectivity index (χ4n) is 2.04. The van der Waals surface area contributed by atoms with E-state index in [0.29, 0.717) is 11.3 Å². The molecule has 0 aliphatic carbocycles. The number of ether oxygens (including phenoxy) is 1. The van der Waals surface area contributed by atoms with Gasteiger partial charge >= 0.3 is 5.97 Å². The summed E-state index contributed by atoms with van der Waals surface area (Å²) in [6.45, 7) is 7.43. The van der Waals surface area contributed by atoms with Crippen LogP contribution >= 0.6 is 0 Å². The van der Waals surface area contributed by atoms with Gasteiger partial charge in [0.2, 0.25) is 0 Å². The van der Waals surface area contributed by atoms with Gasteiger partial charge in [-0.2, -0.15) is 0 Å². The number of benzene rings is 1. The van der Waals surface area contributed by atoms with Gasteiger partial charge in [-0.15, -0.1) is 0 Å². The number of aliphatic carboxylic acids is 1. The molecule has 0 heterocycles. The molecule has 4 nitrogen and oxygen atoms in total. The van der Waals surface area contributed by atoms with E-state index in [4.69, 9.17) is 4.74 Å². The van der Waals surface area contributed by atoms with Gasteiger partial charge < -0.3 is 9.84 Å². The molecule has 0 fully saturated rings. The topological polar surface area (TPSA) is 58.6 Å². The molecule has 0 aliphatic rings. The third kappa shape index (κ3) is 2.82. The summed E-state index contributed by atoms with van der Waals surface area (Å²) in [6.07, 6.45) is 0. The lowest BCUT2D eigenvalue weighted by atomic mass is 9.89. The summed E-state index contributed by atoms with van der Waals surface area (Å²) in [6, 6.07) is 5.60. The average Bonchev–Trinajstić information content (AvgIpc) is 2.27. The number of carboxylic acid groups (broad SMARTS) is 1. The van der Waals surface area contributed by atoms with Gasteiger partial charge in [0.1, 0.15) is 11.3 Å². The van der Waals surface area contributed by atoms with Crippen molar-refractivity contribution in [3.63, 3.8) is 0 Å². The van der Waals surface area contributed by atoms with Crippen LogP contribution in [-0.4, -0.2) is 24.2 Å². The Morgan fingerprint density at radius 2 is 2.06 bits per heavy atom. The SMILES string of the molecule is COc1ccc(C)cc1C(C)(NC(C)C)C(=O)O. The van der Waals surface area contributed by atoms with Crippen LogP contribution in [0.15, 0.2) is 18.2 Å². The number of carbonyl (C=O) groups is 1. The Kier molecular flexibility index (Phi) is 4.35. The summed E-state index contributed by atoms with van der Waals surface area (Å²) in [7, 11) is 1.55. The van der Waals surface area contributed by atoms with Gasteiger partial charge in [-0.25, -0.2) is 4.79 Å². The quantitative estimate of drug-likeness (QED) is 0.843. The minimum absolute atomic E-state index is 0.0521. The number of hydrogen-bond donors (Lipinski definition) is 2. The van der Waals surface area contributed by atoms with Crippen LogP contribution in [0.2, 0.25) is 0 Å². The van der Waals surface area contributed by atoms with Gasteiger partial charge in [0.25, 0.3) is 0 Å². The highest BCUT2D eigenvalue weighted by molar-refractivity contribution is 5.81. The molecular weight excluding hydrogens is 230 g/mol. The maximum atomic E-state index is 11.6. The fraction of sp³-hybridized carbons (Fsp3) is 0.500. The van der Waals surface area contributed by atoms with E-state index in [0.717, 1.165) is 5.56 Å². The van der Waals surface area contributed by atoms with E-state index >= 15 is 0 Å². The predicted octanol–water partition coefficient (Wildman–Crippen LogP) is 2.30. The third-order valence-corrected chi connectivity index (χ3v) is 2.90. The van der Waals surface area contributed by atoms with Crippen molar-refractivity contribution >= 4 is 5.97 Å². The van der Waals surface area contributed by atoms with Crippen LogP contribution in [0, 0.1) is 6.92 Å². The Morgan fingerprint density at radius 1 is 1.44 bits per heavy atom. The molecule has 1 aromatic carbocycles. The van der Waals surface area contributed by atoms with Gasteiger partial charge in [0, 0.05) is 11.6 Å². The first-order chi connectivity index (χ1) is 8.31. The summed E-state index contributed by atoms with van der Waals surface area (Å²) in [5.41, 5.74) is 0.487. The van der Waals surface area contributed by atoms with E-state index < -0.39 is 11.5 Å². The molecule has 0 amide bonds. The zero-order valence-electron chi connectivity index (χ0n) is 11.6. The molecule has 0 radical (unpaired) electrons. The maximum Gasteiger partial charge on any atom is 0.328 e. The largest absolute Gasteiger partial charge is 0.496 e. The number of rotatable bonds is 5. The van der Waals surface area contributed by atoms with E-state index in [9.17, 15) is 9.90 Å². The smallest absolute Gasteiger partial charge is 0.328 e. The zero-order valence-corrected chi connectivity index (χ0v) is 11.6. The molecule has 18 heavy (non-hydrogen) atoms. The Morgan fingerprint density at radius 3 is 2.50 bits per heavy atom.